The van der Waals surface area contributed by atoms with Crippen LogP contribution in [0.1, 0.15) is 61.2 Å². The molecular formula is C22H29N3O. The van der Waals surface area contributed by atoms with Crippen LogP contribution in [0.3, 0.4) is 0 Å². The molecule has 4 rings (SSSR count). The predicted molar refractivity (Wildman–Crippen MR) is 104 cm³/mol. The highest BCUT2D eigenvalue weighted by Crippen LogP contribution is 2.26. The summed E-state index contributed by atoms with van der Waals surface area (Å²) in [6, 6.07) is 11.3. The second-order valence-corrected chi connectivity index (χ2v) is 7.80. The van der Waals surface area contributed by atoms with Gasteiger partial charge in [0.25, 0.3) is 0 Å². The lowest BCUT2D eigenvalue weighted by Crippen LogP contribution is -2.43. The maximum absolute atomic E-state index is 12.6. The number of carbonyl (C=O) groups excluding carboxylic acids is 1. The van der Waals surface area contributed by atoms with Crippen LogP contribution in [-0.4, -0.2) is 28.5 Å². The molecule has 0 bridgehead atoms. The third-order valence-corrected chi connectivity index (χ3v) is 6.07. The summed E-state index contributed by atoms with van der Waals surface area (Å²) in [7, 11) is 0. The van der Waals surface area contributed by atoms with Crippen LogP contribution in [0.25, 0.3) is 0 Å². The van der Waals surface area contributed by atoms with Gasteiger partial charge in [0.05, 0.1) is 12.6 Å². The second-order valence-electron chi connectivity index (χ2n) is 7.80. The summed E-state index contributed by atoms with van der Waals surface area (Å²) in [5.41, 5.74) is 5.48. The zero-order chi connectivity index (χ0) is 18.1. The highest BCUT2D eigenvalue weighted by molar-refractivity contribution is 5.78. The fraction of sp³-hybridized carbons (Fsp3) is 0.500. The smallest absolute Gasteiger partial charge is 0.234 e. The molecule has 2 aromatic rings. The van der Waals surface area contributed by atoms with Crippen LogP contribution < -0.4 is 5.32 Å². The lowest BCUT2D eigenvalue weighted by molar-refractivity contribution is -0.123. The van der Waals surface area contributed by atoms with E-state index in [4.69, 9.17) is 0 Å². The van der Waals surface area contributed by atoms with Gasteiger partial charge in [-0.05, 0) is 68.4 Å². The van der Waals surface area contributed by atoms with Crippen LogP contribution in [0.4, 0.5) is 0 Å². The monoisotopic (exact) mass is 351 g/mol. The van der Waals surface area contributed by atoms with Crippen molar-refractivity contribution in [1.29, 1.82) is 0 Å². The molecule has 0 saturated carbocycles. The van der Waals surface area contributed by atoms with Crippen LogP contribution in [0, 0.1) is 0 Å². The van der Waals surface area contributed by atoms with Crippen molar-refractivity contribution >= 4 is 5.91 Å². The molecule has 0 spiro atoms. The maximum atomic E-state index is 12.6. The average molecular weight is 351 g/mol. The van der Waals surface area contributed by atoms with Gasteiger partial charge in [0.15, 0.2) is 0 Å². The predicted octanol–water partition coefficient (Wildman–Crippen LogP) is 3.62. The van der Waals surface area contributed by atoms with E-state index in [1.165, 1.54) is 48.1 Å². The van der Waals surface area contributed by atoms with Gasteiger partial charge < -0.3 is 9.88 Å². The van der Waals surface area contributed by atoms with Crippen molar-refractivity contribution in [3.8, 4) is 0 Å². The van der Waals surface area contributed by atoms with Gasteiger partial charge in [0.2, 0.25) is 5.91 Å². The minimum absolute atomic E-state index is 0.0543. The minimum atomic E-state index is 0.0543. The minimum Gasteiger partial charge on any atom is -0.349 e. The molecule has 4 nitrogen and oxygen atoms in total. The summed E-state index contributed by atoms with van der Waals surface area (Å²) in [5.74, 6) is 0.113. The molecular weight excluding hydrogens is 322 g/mol. The summed E-state index contributed by atoms with van der Waals surface area (Å²) in [4.78, 5) is 14.9. The van der Waals surface area contributed by atoms with Gasteiger partial charge in [0, 0.05) is 31.0 Å². The van der Waals surface area contributed by atoms with E-state index in [1.54, 1.807) is 0 Å². The molecule has 0 fully saturated rings. The van der Waals surface area contributed by atoms with Crippen molar-refractivity contribution in [3.63, 3.8) is 0 Å². The van der Waals surface area contributed by atoms with Crippen molar-refractivity contribution in [2.24, 2.45) is 0 Å². The van der Waals surface area contributed by atoms with Crippen LogP contribution >= 0.6 is 0 Å². The van der Waals surface area contributed by atoms with Gasteiger partial charge >= 0.3 is 0 Å². The Morgan fingerprint density at radius 1 is 1.19 bits per heavy atom. The van der Waals surface area contributed by atoms with E-state index in [0.717, 1.165) is 13.1 Å². The van der Waals surface area contributed by atoms with Crippen molar-refractivity contribution in [3.05, 3.63) is 58.9 Å². The van der Waals surface area contributed by atoms with E-state index in [0.29, 0.717) is 6.54 Å². The van der Waals surface area contributed by atoms with Crippen LogP contribution in [0.2, 0.25) is 0 Å². The number of aromatic nitrogens is 1. The van der Waals surface area contributed by atoms with Crippen LogP contribution in [0.15, 0.2) is 36.5 Å². The number of hydrogen-bond acceptors (Lipinski definition) is 2. The Morgan fingerprint density at radius 3 is 2.85 bits per heavy atom. The van der Waals surface area contributed by atoms with Crippen molar-refractivity contribution in [2.45, 2.75) is 58.2 Å². The van der Waals surface area contributed by atoms with Crippen molar-refractivity contribution in [1.82, 2.24) is 14.8 Å². The molecule has 2 aliphatic rings. The molecule has 2 atom stereocenters. The number of fused-ring (bicyclic) bond motifs is 2. The summed E-state index contributed by atoms with van der Waals surface area (Å²) in [6.45, 7) is 6.61. The first kappa shape index (κ1) is 17.3. The van der Waals surface area contributed by atoms with E-state index in [2.05, 4.69) is 65.2 Å². The summed E-state index contributed by atoms with van der Waals surface area (Å²) >= 11 is 0. The van der Waals surface area contributed by atoms with Crippen molar-refractivity contribution < 1.29 is 4.79 Å². The molecule has 2 unspecified atom stereocenters. The largest absolute Gasteiger partial charge is 0.349 e. The molecule has 0 radical (unpaired) electrons. The fourth-order valence-corrected chi connectivity index (χ4v) is 4.42. The van der Waals surface area contributed by atoms with E-state index in [1.807, 2.05) is 0 Å². The van der Waals surface area contributed by atoms with Gasteiger partial charge in [0.1, 0.15) is 0 Å². The Balaban J connectivity index is 1.37. The molecule has 1 aliphatic carbocycles. The molecule has 0 saturated heterocycles. The number of rotatable bonds is 4. The summed E-state index contributed by atoms with van der Waals surface area (Å²) < 4.78 is 2.29. The first-order chi connectivity index (χ1) is 12.6. The number of benzene rings is 1. The van der Waals surface area contributed by atoms with Gasteiger partial charge in [-0.3, -0.25) is 9.69 Å². The molecule has 1 aromatic heterocycles. The quantitative estimate of drug-likeness (QED) is 0.913. The molecule has 2 heterocycles. The molecule has 1 amide bonds. The summed E-state index contributed by atoms with van der Waals surface area (Å²) in [6.07, 6.45) is 7.09. The molecule has 1 aromatic carbocycles. The zero-order valence-electron chi connectivity index (χ0n) is 15.9. The van der Waals surface area contributed by atoms with Crippen molar-refractivity contribution in [2.75, 3.05) is 13.1 Å². The molecule has 26 heavy (non-hydrogen) atoms. The van der Waals surface area contributed by atoms with Gasteiger partial charge in [-0.1, -0.05) is 18.2 Å². The number of nitrogens with zero attached hydrogens (tertiary/aromatic N) is 2. The van der Waals surface area contributed by atoms with Gasteiger partial charge in [-0.15, -0.1) is 0 Å². The Kier molecular flexibility index (Phi) is 4.86. The number of aryl methyl sites for hydroxylation is 2. The number of carbonyl (C=O) groups is 1. The van der Waals surface area contributed by atoms with Crippen LogP contribution in [-0.2, 0) is 24.2 Å². The molecule has 1 aliphatic heterocycles. The van der Waals surface area contributed by atoms with E-state index < -0.39 is 0 Å². The van der Waals surface area contributed by atoms with Gasteiger partial charge in [-0.2, -0.15) is 0 Å². The normalized spacial score (nSPS) is 20.9. The number of hydrogen-bond donors (Lipinski definition) is 1. The Hall–Kier alpha value is -2.07. The topological polar surface area (TPSA) is 37.3 Å². The first-order valence-corrected chi connectivity index (χ1v) is 9.92. The highest BCUT2D eigenvalue weighted by Gasteiger charge is 2.25. The lowest BCUT2D eigenvalue weighted by Gasteiger charge is -2.34. The van der Waals surface area contributed by atoms with E-state index in [9.17, 15) is 4.79 Å². The Morgan fingerprint density at radius 2 is 2.00 bits per heavy atom. The molecule has 1 N–H and O–H groups in total. The highest BCUT2D eigenvalue weighted by atomic mass is 16.2. The number of amides is 1. The van der Waals surface area contributed by atoms with E-state index in [-0.39, 0.29) is 18.0 Å². The Bertz CT molecular complexity index is 794. The second kappa shape index (κ2) is 7.28. The van der Waals surface area contributed by atoms with E-state index >= 15 is 0 Å². The molecule has 4 heteroatoms. The average Bonchev–Trinajstić information content (AvgIpc) is 3.13. The Labute approximate surface area is 156 Å². The third-order valence-electron chi connectivity index (χ3n) is 6.07. The third kappa shape index (κ3) is 3.43. The fourth-order valence-electron chi connectivity index (χ4n) is 4.42. The zero-order valence-corrected chi connectivity index (χ0v) is 15.9. The lowest BCUT2D eigenvalue weighted by atomic mass is 9.89. The summed E-state index contributed by atoms with van der Waals surface area (Å²) in [5, 5.41) is 3.20. The number of nitrogens with one attached hydrogen (secondary N) is 1. The SMILES string of the molecule is CC(NC(=O)CN1CCn2cccc2C1C)c1ccc2c(c1)CCCC2. The first-order valence-electron chi connectivity index (χ1n) is 9.92. The maximum Gasteiger partial charge on any atom is 0.234 e. The standard InChI is InChI=1S/C22H29N3O/c1-16(19-10-9-18-6-3-4-7-20(18)14-19)23-22(26)15-25-13-12-24-11-5-8-21(24)17(25)2/h5,8-11,14,16-17H,3-4,6-7,12-13,15H2,1-2H3,(H,23,26). The van der Waals surface area contributed by atoms with Gasteiger partial charge in [-0.25, -0.2) is 0 Å². The van der Waals surface area contributed by atoms with Crippen LogP contribution in [0.5, 0.6) is 0 Å². The molecule has 138 valence electrons.